The summed E-state index contributed by atoms with van der Waals surface area (Å²) in [7, 11) is 0. The van der Waals surface area contributed by atoms with Crippen molar-refractivity contribution in [2.24, 2.45) is 0 Å². The van der Waals surface area contributed by atoms with Gasteiger partial charge in [-0.05, 0) is 49.6 Å². The number of nitrogens with one attached hydrogen (secondary N) is 1. The van der Waals surface area contributed by atoms with Gasteiger partial charge in [-0.2, -0.15) is 0 Å². The third kappa shape index (κ3) is 3.64. The van der Waals surface area contributed by atoms with E-state index in [2.05, 4.69) is 67.7 Å². The second kappa shape index (κ2) is 6.31. The van der Waals surface area contributed by atoms with Crippen LogP contribution in [0.1, 0.15) is 42.5 Å². The van der Waals surface area contributed by atoms with Gasteiger partial charge in [0.05, 0.1) is 12.1 Å². The van der Waals surface area contributed by atoms with E-state index >= 15 is 0 Å². The molecule has 0 amide bonds. The topological polar surface area (TPSA) is 21.3 Å². The zero-order valence-corrected chi connectivity index (χ0v) is 12.8. The van der Waals surface area contributed by atoms with Crippen LogP contribution in [0.5, 0.6) is 5.75 Å². The number of hydrogen-bond donors (Lipinski definition) is 1. The van der Waals surface area contributed by atoms with Gasteiger partial charge in [0.1, 0.15) is 5.75 Å². The highest BCUT2D eigenvalue weighted by Crippen LogP contribution is 2.29. The van der Waals surface area contributed by atoms with Crippen molar-refractivity contribution in [1.29, 1.82) is 0 Å². The predicted molar refractivity (Wildman–Crippen MR) is 86.8 cm³/mol. The van der Waals surface area contributed by atoms with Gasteiger partial charge in [0.25, 0.3) is 0 Å². The molecule has 0 bridgehead atoms. The number of hydrogen-bond acceptors (Lipinski definition) is 2. The highest BCUT2D eigenvalue weighted by molar-refractivity contribution is 5.36. The van der Waals surface area contributed by atoms with Gasteiger partial charge in [0.2, 0.25) is 0 Å². The Hall–Kier alpha value is -1.80. The van der Waals surface area contributed by atoms with Crippen LogP contribution in [0.4, 0.5) is 0 Å². The van der Waals surface area contributed by atoms with Gasteiger partial charge >= 0.3 is 0 Å². The molecule has 0 spiro atoms. The molecule has 110 valence electrons. The van der Waals surface area contributed by atoms with E-state index in [-0.39, 0.29) is 6.04 Å². The molecule has 1 saturated carbocycles. The summed E-state index contributed by atoms with van der Waals surface area (Å²) in [6, 6.07) is 17.5. The molecule has 1 aliphatic carbocycles. The lowest BCUT2D eigenvalue weighted by molar-refractivity contribution is 0.303. The Labute approximate surface area is 127 Å². The van der Waals surface area contributed by atoms with Gasteiger partial charge in [-0.25, -0.2) is 0 Å². The van der Waals surface area contributed by atoms with Crippen LogP contribution < -0.4 is 10.1 Å². The van der Waals surface area contributed by atoms with Gasteiger partial charge in [-0.3, -0.25) is 0 Å². The first kappa shape index (κ1) is 14.2. The molecule has 0 aliphatic heterocycles. The Bertz CT molecular complexity index is 570. The summed E-state index contributed by atoms with van der Waals surface area (Å²) in [6.07, 6.45) is 2.86. The Morgan fingerprint density at radius 2 is 1.57 bits per heavy atom. The van der Waals surface area contributed by atoms with Gasteiger partial charge < -0.3 is 10.1 Å². The lowest BCUT2D eigenvalue weighted by Gasteiger charge is -2.19. The van der Waals surface area contributed by atoms with E-state index in [4.69, 9.17) is 4.74 Å². The van der Waals surface area contributed by atoms with Crippen molar-refractivity contribution in [2.75, 3.05) is 6.54 Å². The van der Waals surface area contributed by atoms with E-state index in [1.165, 1.54) is 29.5 Å². The molecule has 3 rings (SSSR count). The molecular weight excluding hydrogens is 258 g/mol. The minimum Gasteiger partial charge on any atom is -0.490 e. The van der Waals surface area contributed by atoms with Crippen LogP contribution in [0.25, 0.3) is 0 Å². The zero-order valence-electron chi connectivity index (χ0n) is 12.8. The summed E-state index contributed by atoms with van der Waals surface area (Å²) in [5.41, 5.74) is 3.88. The minimum absolute atomic E-state index is 0.241. The van der Waals surface area contributed by atoms with E-state index < -0.39 is 0 Å². The van der Waals surface area contributed by atoms with Crippen molar-refractivity contribution >= 4 is 0 Å². The first-order valence-electron chi connectivity index (χ1n) is 7.83. The molecule has 0 aromatic heterocycles. The first-order chi connectivity index (χ1) is 10.3. The largest absolute Gasteiger partial charge is 0.490 e. The van der Waals surface area contributed by atoms with Crippen LogP contribution in [0.15, 0.2) is 48.5 Å². The highest BCUT2D eigenvalue weighted by atomic mass is 16.5. The number of aryl methyl sites for hydroxylation is 1. The van der Waals surface area contributed by atoms with Crippen LogP contribution in [0.3, 0.4) is 0 Å². The predicted octanol–water partition coefficient (Wildman–Crippen LogP) is 4.24. The fraction of sp³-hybridized carbons (Fsp3) is 0.368. The minimum atomic E-state index is 0.241. The Kier molecular flexibility index (Phi) is 4.26. The zero-order chi connectivity index (χ0) is 14.7. The first-order valence-corrected chi connectivity index (χ1v) is 7.83. The molecule has 2 nitrogen and oxygen atoms in total. The van der Waals surface area contributed by atoms with Crippen LogP contribution in [-0.4, -0.2) is 12.6 Å². The van der Waals surface area contributed by atoms with Crippen molar-refractivity contribution in [1.82, 2.24) is 5.32 Å². The van der Waals surface area contributed by atoms with E-state index in [1.807, 2.05) is 0 Å². The second-order valence-electron chi connectivity index (χ2n) is 5.79. The van der Waals surface area contributed by atoms with Crippen molar-refractivity contribution < 1.29 is 4.74 Å². The maximum Gasteiger partial charge on any atom is 0.119 e. The summed E-state index contributed by atoms with van der Waals surface area (Å²) >= 11 is 0. The Morgan fingerprint density at radius 3 is 2.10 bits per heavy atom. The lowest BCUT2D eigenvalue weighted by Crippen LogP contribution is -2.21. The lowest BCUT2D eigenvalue weighted by atomic mass is 9.97. The van der Waals surface area contributed by atoms with Crippen molar-refractivity contribution in [3.05, 3.63) is 65.2 Å². The molecular formula is C19H23NO. The molecule has 21 heavy (non-hydrogen) atoms. The molecule has 0 heterocycles. The standard InChI is InChI=1S/C19H23NO/c1-3-20-19(15-6-4-14(2)5-7-15)16-8-10-17(11-9-16)21-18-12-13-18/h4-11,18-20H,3,12-13H2,1-2H3. The van der Waals surface area contributed by atoms with Crippen molar-refractivity contribution in [2.45, 2.75) is 38.8 Å². The van der Waals surface area contributed by atoms with E-state index in [0.717, 1.165) is 12.3 Å². The van der Waals surface area contributed by atoms with Crippen molar-refractivity contribution in [3.63, 3.8) is 0 Å². The Balaban J connectivity index is 1.80. The molecule has 2 heteroatoms. The van der Waals surface area contributed by atoms with Gasteiger partial charge in [0, 0.05) is 0 Å². The number of ether oxygens (including phenoxy) is 1. The quantitative estimate of drug-likeness (QED) is 0.855. The molecule has 1 unspecified atom stereocenters. The van der Waals surface area contributed by atoms with Crippen LogP contribution in [0.2, 0.25) is 0 Å². The molecule has 1 aliphatic rings. The fourth-order valence-corrected chi connectivity index (χ4v) is 2.51. The van der Waals surface area contributed by atoms with Crippen LogP contribution >= 0.6 is 0 Å². The average Bonchev–Trinajstić information content (AvgIpc) is 3.31. The molecule has 1 atom stereocenters. The van der Waals surface area contributed by atoms with Gasteiger partial charge in [-0.1, -0.05) is 48.9 Å². The third-order valence-corrected chi connectivity index (χ3v) is 3.86. The monoisotopic (exact) mass is 281 g/mol. The summed E-state index contributed by atoms with van der Waals surface area (Å²) < 4.78 is 5.82. The smallest absolute Gasteiger partial charge is 0.119 e. The molecule has 0 saturated heterocycles. The normalized spacial score (nSPS) is 15.7. The SMILES string of the molecule is CCNC(c1ccc(C)cc1)c1ccc(OC2CC2)cc1. The summed E-state index contributed by atoms with van der Waals surface area (Å²) in [5, 5.41) is 3.57. The molecule has 2 aromatic carbocycles. The van der Waals surface area contributed by atoms with Gasteiger partial charge in [-0.15, -0.1) is 0 Å². The average molecular weight is 281 g/mol. The summed E-state index contributed by atoms with van der Waals surface area (Å²) in [5.74, 6) is 0.986. The molecule has 1 fully saturated rings. The molecule has 1 N–H and O–H groups in total. The Morgan fingerprint density at radius 1 is 1.00 bits per heavy atom. The van der Waals surface area contributed by atoms with E-state index in [9.17, 15) is 0 Å². The molecule has 0 radical (unpaired) electrons. The van der Waals surface area contributed by atoms with Gasteiger partial charge in [0.15, 0.2) is 0 Å². The maximum absolute atomic E-state index is 5.82. The fourth-order valence-electron chi connectivity index (χ4n) is 2.51. The number of rotatable bonds is 6. The molecule has 2 aromatic rings. The van der Waals surface area contributed by atoms with E-state index in [0.29, 0.717) is 6.10 Å². The summed E-state index contributed by atoms with van der Waals surface area (Å²) in [4.78, 5) is 0. The number of benzene rings is 2. The van der Waals surface area contributed by atoms with Crippen molar-refractivity contribution in [3.8, 4) is 5.75 Å². The maximum atomic E-state index is 5.82. The second-order valence-corrected chi connectivity index (χ2v) is 5.79. The highest BCUT2D eigenvalue weighted by Gasteiger charge is 2.23. The van der Waals surface area contributed by atoms with Crippen LogP contribution in [0, 0.1) is 6.92 Å². The van der Waals surface area contributed by atoms with Crippen LogP contribution in [-0.2, 0) is 0 Å². The summed E-state index contributed by atoms with van der Waals surface area (Å²) in [6.45, 7) is 5.21. The van der Waals surface area contributed by atoms with E-state index in [1.54, 1.807) is 0 Å². The third-order valence-electron chi connectivity index (χ3n) is 3.86.